The minimum Gasteiger partial charge on any atom is -0.383 e. The predicted octanol–water partition coefficient (Wildman–Crippen LogP) is 16.0. The Labute approximate surface area is 615 Å². The first kappa shape index (κ1) is 89.3. The Morgan fingerprint density at radius 2 is 0.743 bits per heavy atom. The summed E-state index contributed by atoms with van der Waals surface area (Å²) in [5, 5.41) is 36.0. The number of amides is 6. The third kappa shape index (κ3) is 23.7. The van der Waals surface area contributed by atoms with Gasteiger partial charge >= 0.3 is 18.0 Å². The molecule has 0 spiro atoms. The Morgan fingerprint density at radius 1 is 0.440 bits per heavy atom. The fourth-order valence-corrected chi connectivity index (χ4v) is 9.36. The molecule has 0 saturated carbocycles. The summed E-state index contributed by atoms with van der Waals surface area (Å²) < 4.78 is 182. The van der Waals surface area contributed by atoms with Crippen LogP contribution in [0.5, 0.6) is 0 Å². The molecule has 0 bridgehead atoms. The molecule has 1 aliphatic heterocycles. The Bertz CT molecular complexity index is 4470. The van der Waals surface area contributed by atoms with E-state index in [4.69, 9.17) is 5.53 Å². The van der Waals surface area contributed by atoms with Gasteiger partial charge in [0.1, 0.15) is 28.1 Å². The van der Waals surface area contributed by atoms with Gasteiger partial charge in [0.2, 0.25) is 0 Å². The summed E-state index contributed by atoms with van der Waals surface area (Å²) in [5.74, 6) is -19.3. The van der Waals surface area contributed by atoms with Gasteiger partial charge in [-0.15, -0.1) is 10.2 Å². The zero-order chi connectivity index (χ0) is 81.7. The minimum absolute atomic E-state index is 0.0129. The summed E-state index contributed by atoms with van der Waals surface area (Å²) in [5.41, 5.74) is 4.17. The quantitative estimate of drug-likeness (QED) is 0.00897. The van der Waals surface area contributed by atoms with E-state index in [0.717, 1.165) is 25.1 Å². The molecule has 1 aliphatic rings. The molecule has 34 heteroatoms. The number of anilines is 1. The van der Waals surface area contributed by atoms with Gasteiger partial charge in [-0.2, -0.15) is 26.3 Å². The average molecular weight is 1540 g/mol. The standard InChI is InChI=1S/C17H19NO2.C16H15NO2.C12H14F3NO.C11H10F3N3O.C10H10F4N2O.C9H6F4N4O/c1-3-18-16(19)13-9-11-15(12-10-13)17(2,20)14-7-5-4-6-8-14;1-2-17-16(19)14-10-8-13(9-11-14)15(18)12-6-4-3-5-7-12;1-3-16-11(17)10-6-4-9(5-7-10)8(2)12(13,14)15;1-2-15-9(18)7-3-5-8(6-4-7)10(16-17-10)11(12,13)14;1-3-16-10(17)4-5(11)7(13)9(15-2)8(14)6(4)12;1-2-15-9(18)3-4(10)6(12)8(16-17-14)7(13)5(3)11/h4-12,20H,3H2,1-2H3,(H,18,19);3-11H,2H2,1H3,(H,17,19);4-8H,3H2,1-2H3,(H,16,17);3-6H,2H2,1H3,(H,15,18);15H,3H2,1-2H3,(H,16,17);2H2,1H3,(H,15,18). The number of hydrogen-bond donors (Lipinski definition) is 8. The average Bonchev–Trinajstić information content (AvgIpc) is 1.58. The van der Waals surface area contributed by atoms with E-state index in [9.17, 15) is 100 Å². The van der Waals surface area contributed by atoms with Crippen LogP contribution in [-0.4, -0.2) is 105 Å². The molecule has 0 saturated heterocycles. The molecule has 109 heavy (non-hydrogen) atoms. The lowest BCUT2D eigenvalue weighted by molar-refractivity contribution is -0.166. The third-order valence-electron chi connectivity index (χ3n) is 15.3. The number of nitrogens with zero attached hydrogens (tertiary/aromatic N) is 5. The Balaban J connectivity index is 0.000000276. The molecule has 0 aliphatic carbocycles. The number of nitrogens with one attached hydrogen (secondary N) is 7. The highest BCUT2D eigenvalue weighted by molar-refractivity contribution is 6.09. The number of azide groups is 1. The summed E-state index contributed by atoms with van der Waals surface area (Å²) in [4.78, 5) is 82.8. The lowest BCUT2D eigenvalue weighted by atomic mass is 9.88. The van der Waals surface area contributed by atoms with Crippen LogP contribution in [0.25, 0.3) is 10.4 Å². The number of hydrogen-bond acceptors (Lipinski definition) is 12. The Hall–Kier alpha value is -12.1. The molecule has 20 nitrogen and oxygen atoms in total. The van der Waals surface area contributed by atoms with Crippen LogP contribution in [0.3, 0.4) is 0 Å². The number of aliphatic hydroxyl groups is 1. The predicted molar refractivity (Wildman–Crippen MR) is 377 cm³/mol. The largest absolute Gasteiger partial charge is 0.442 e. The van der Waals surface area contributed by atoms with Crippen LogP contribution in [0.2, 0.25) is 0 Å². The van der Waals surface area contributed by atoms with Crippen molar-refractivity contribution in [3.63, 3.8) is 0 Å². The van der Waals surface area contributed by atoms with Gasteiger partial charge in [-0.1, -0.05) is 114 Å². The topological polar surface area (TPSA) is 297 Å². The molecule has 0 fully saturated rings. The molecule has 9 rings (SSSR count). The molecule has 6 amide bonds. The smallest absolute Gasteiger partial charge is 0.383 e. The fraction of sp³-hybridized carbons (Fsp3) is 0.267. The molecule has 1 heterocycles. The third-order valence-corrected chi connectivity index (χ3v) is 15.3. The van der Waals surface area contributed by atoms with Crippen LogP contribution in [0.1, 0.15) is 162 Å². The van der Waals surface area contributed by atoms with Gasteiger partial charge in [0.25, 0.3) is 35.4 Å². The van der Waals surface area contributed by atoms with E-state index in [1.54, 1.807) is 81.4 Å². The molecule has 2 atom stereocenters. The van der Waals surface area contributed by atoms with E-state index in [2.05, 4.69) is 41.9 Å². The van der Waals surface area contributed by atoms with Crippen LogP contribution in [-0.2, 0) is 11.3 Å². The van der Waals surface area contributed by atoms with Gasteiger partial charge in [-0.25, -0.2) is 35.1 Å². The van der Waals surface area contributed by atoms with Gasteiger partial charge in [-0.05, 0) is 126 Å². The second kappa shape index (κ2) is 41.2. The van der Waals surface area contributed by atoms with Crippen molar-refractivity contribution in [2.75, 3.05) is 51.6 Å². The van der Waals surface area contributed by atoms with E-state index in [-0.39, 0.29) is 53.6 Å². The number of alkyl halides is 6. The maximum absolute atomic E-state index is 13.4. The van der Waals surface area contributed by atoms with Crippen LogP contribution in [0.4, 0.5) is 72.8 Å². The van der Waals surface area contributed by atoms with Crippen molar-refractivity contribution in [3.8, 4) is 0 Å². The summed E-state index contributed by atoms with van der Waals surface area (Å²) in [6, 6.07) is 42.9. The maximum Gasteiger partial charge on any atom is 0.442 e. The number of carbonyl (C=O) groups excluding carboxylic acids is 7. The second-order valence-corrected chi connectivity index (χ2v) is 22.7. The Kier molecular flexibility index (Phi) is 33.7. The molecule has 8 N–H and O–H groups in total. The highest BCUT2D eigenvalue weighted by Crippen LogP contribution is 2.52. The van der Waals surface area contributed by atoms with E-state index in [1.807, 2.05) is 77.9 Å². The monoisotopic (exact) mass is 1540 g/mol. The number of benzene rings is 8. The zero-order valence-electron chi connectivity index (χ0n) is 59.7. The molecular weight excluding hydrogens is 1460 g/mol. The van der Waals surface area contributed by atoms with Crippen molar-refractivity contribution in [2.24, 2.45) is 15.3 Å². The van der Waals surface area contributed by atoms with Crippen molar-refractivity contribution in [1.29, 1.82) is 0 Å². The normalized spacial score (nSPS) is 12.2. The number of rotatable bonds is 20. The summed E-state index contributed by atoms with van der Waals surface area (Å²) in [7, 11) is 1.10. The fourth-order valence-electron chi connectivity index (χ4n) is 9.36. The van der Waals surface area contributed by atoms with E-state index in [0.29, 0.717) is 59.6 Å². The lowest BCUT2D eigenvalue weighted by Gasteiger charge is -2.24. The van der Waals surface area contributed by atoms with Crippen LogP contribution < -0.4 is 37.2 Å². The SMILES string of the molecule is CCNC(=O)c1c(F)c(F)c(N=[N+]=[N-])c(F)c1F.CCNC(=O)c1c(F)c(F)c(NC)c(F)c1F.CCNC(=O)c1ccc(C(=O)c2ccccc2)cc1.CCNC(=O)c1ccc(C(C)(O)c2ccccc2)cc1.CCNC(=O)c1ccc(C(C)C(F)(F)F)cc1.CCNC(=O)c1ccc(C2(C(F)(F)F)N=N2)cc1. The van der Waals surface area contributed by atoms with Crippen molar-refractivity contribution in [1.82, 2.24) is 31.9 Å². The van der Waals surface area contributed by atoms with Gasteiger partial charge in [0.15, 0.2) is 52.3 Å². The first-order chi connectivity index (χ1) is 51.4. The molecule has 0 aromatic heterocycles. The molecule has 0 radical (unpaired) electrons. The van der Waals surface area contributed by atoms with Gasteiger partial charge in [-0.3, -0.25) is 33.6 Å². The van der Waals surface area contributed by atoms with Crippen molar-refractivity contribution in [3.05, 3.63) is 281 Å². The van der Waals surface area contributed by atoms with Crippen LogP contribution in [0, 0.1) is 46.5 Å². The summed E-state index contributed by atoms with van der Waals surface area (Å²) in [6.45, 7) is 15.3. The van der Waals surface area contributed by atoms with Gasteiger partial charge in [0, 0.05) is 90.2 Å². The molecule has 580 valence electrons. The Morgan fingerprint density at radius 3 is 1.07 bits per heavy atom. The number of carbonyl (C=O) groups is 7. The van der Waals surface area contributed by atoms with Crippen molar-refractivity contribution in [2.45, 2.75) is 84.9 Å². The molecule has 8 aromatic carbocycles. The lowest BCUT2D eigenvalue weighted by Crippen LogP contribution is -2.30. The molecular formula is C75H74F14N12O8. The molecule has 8 aromatic rings. The van der Waals surface area contributed by atoms with Crippen molar-refractivity contribution >= 4 is 52.6 Å². The van der Waals surface area contributed by atoms with Crippen LogP contribution >= 0.6 is 0 Å². The zero-order valence-corrected chi connectivity index (χ0v) is 59.7. The van der Waals surface area contributed by atoms with Gasteiger partial charge in [0.05, 0.1) is 5.92 Å². The van der Waals surface area contributed by atoms with Crippen LogP contribution in [0.15, 0.2) is 173 Å². The second-order valence-electron chi connectivity index (χ2n) is 22.7. The summed E-state index contributed by atoms with van der Waals surface area (Å²) >= 11 is 0. The first-order valence-corrected chi connectivity index (χ1v) is 32.9. The minimum atomic E-state index is -4.54. The highest BCUT2D eigenvalue weighted by Gasteiger charge is 2.65. The summed E-state index contributed by atoms with van der Waals surface area (Å²) in [6.07, 6.45) is -8.80. The van der Waals surface area contributed by atoms with Gasteiger partial charge < -0.3 is 42.3 Å². The highest BCUT2D eigenvalue weighted by atomic mass is 19.4. The van der Waals surface area contributed by atoms with E-state index >= 15 is 0 Å². The van der Waals surface area contributed by atoms with E-state index in [1.165, 1.54) is 62.4 Å². The number of halogens is 14. The molecule has 2 unspecified atom stereocenters. The number of ketones is 1. The first-order valence-electron chi connectivity index (χ1n) is 32.9. The van der Waals surface area contributed by atoms with E-state index < -0.39 is 110 Å². The van der Waals surface area contributed by atoms with Crippen molar-refractivity contribution < 1.29 is 100 Å². The maximum atomic E-state index is 13.4.